The molecule has 2 amide bonds. The maximum absolute atomic E-state index is 12.6. The molecular weight excluding hydrogens is 344 g/mol. The molecule has 0 saturated carbocycles. The third-order valence-corrected chi connectivity index (χ3v) is 5.20. The van der Waals surface area contributed by atoms with Gasteiger partial charge in [-0.05, 0) is 53.9 Å². The molecule has 2 saturated heterocycles. The van der Waals surface area contributed by atoms with Crippen LogP contribution in [0.4, 0.5) is 5.69 Å². The van der Waals surface area contributed by atoms with Gasteiger partial charge in [0.05, 0.1) is 5.02 Å². The van der Waals surface area contributed by atoms with Crippen LogP contribution < -0.4 is 4.90 Å². The van der Waals surface area contributed by atoms with E-state index in [-0.39, 0.29) is 17.9 Å². The van der Waals surface area contributed by atoms with Crippen LogP contribution in [-0.2, 0) is 9.59 Å². The smallest absolute Gasteiger partial charge is 0.250 e. The van der Waals surface area contributed by atoms with E-state index in [0.717, 1.165) is 17.3 Å². The molecule has 4 nitrogen and oxygen atoms in total. The first kappa shape index (κ1) is 13.9. The molecule has 2 unspecified atom stereocenters. The van der Waals surface area contributed by atoms with E-state index >= 15 is 0 Å². The van der Waals surface area contributed by atoms with Gasteiger partial charge in [-0.15, -0.1) is 0 Å². The first-order chi connectivity index (χ1) is 9.50. The summed E-state index contributed by atoms with van der Waals surface area (Å²) >= 11 is 9.34. The van der Waals surface area contributed by atoms with Crippen molar-refractivity contribution in [1.82, 2.24) is 4.90 Å². The molecule has 2 fully saturated rings. The van der Waals surface area contributed by atoms with Crippen molar-refractivity contribution >= 4 is 45.0 Å². The Bertz CT molecular complexity index is 593. The molecule has 1 aromatic carbocycles. The number of benzene rings is 1. The third-order valence-electron chi connectivity index (χ3n) is 3.98. The normalized spacial score (nSPS) is 26.1. The molecule has 2 heterocycles. The van der Waals surface area contributed by atoms with Crippen molar-refractivity contribution in [3.8, 4) is 0 Å². The summed E-state index contributed by atoms with van der Waals surface area (Å²) < 4.78 is 0.720. The summed E-state index contributed by atoms with van der Waals surface area (Å²) in [5, 5.41) is 0.583. The van der Waals surface area contributed by atoms with Crippen LogP contribution in [0.3, 0.4) is 0 Å². The fourth-order valence-electron chi connectivity index (χ4n) is 2.97. The van der Waals surface area contributed by atoms with E-state index in [9.17, 15) is 9.59 Å². The summed E-state index contributed by atoms with van der Waals surface area (Å²) in [6, 6.07) is 4.53. The van der Waals surface area contributed by atoms with Gasteiger partial charge in [-0.25, -0.2) is 0 Å². The van der Waals surface area contributed by atoms with Gasteiger partial charge in [0.15, 0.2) is 0 Å². The van der Waals surface area contributed by atoms with Crippen LogP contribution in [0, 0.1) is 0 Å². The third kappa shape index (κ3) is 2.04. The molecule has 0 spiro atoms. The van der Waals surface area contributed by atoms with Gasteiger partial charge in [0.25, 0.3) is 5.91 Å². The monoisotopic (exact) mass is 356 g/mol. The molecule has 2 aliphatic heterocycles. The van der Waals surface area contributed by atoms with Crippen LogP contribution >= 0.6 is 27.5 Å². The number of amides is 2. The number of hydrogen-bond donors (Lipinski definition) is 0. The number of halogens is 2. The van der Waals surface area contributed by atoms with E-state index in [0.29, 0.717) is 17.3 Å². The molecule has 0 bridgehead atoms. The number of piperazine rings is 1. The zero-order valence-corrected chi connectivity index (χ0v) is 13.3. The highest BCUT2D eigenvalue weighted by Crippen LogP contribution is 2.33. The summed E-state index contributed by atoms with van der Waals surface area (Å²) in [5.74, 6) is 0.0296. The number of nitrogens with zero attached hydrogens (tertiary/aromatic N) is 2. The predicted octanol–water partition coefficient (Wildman–Crippen LogP) is 2.83. The summed E-state index contributed by atoms with van der Waals surface area (Å²) in [6.45, 7) is 2.47. The van der Waals surface area contributed by atoms with Gasteiger partial charge in [-0.1, -0.05) is 11.6 Å². The van der Waals surface area contributed by atoms with Crippen LogP contribution in [0.5, 0.6) is 0 Å². The molecule has 20 heavy (non-hydrogen) atoms. The molecule has 0 aromatic heterocycles. The fraction of sp³-hybridized carbons (Fsp3) is 0.429. The Hall–Kier alpha value is -1.07. The Labute approximate surface area is 130 Å². The first-order valence-electron chi connectivity index (χ1n) is 6.59. The Morgan fingerprint density at radius 3 is 2.75 bits per heavy atom. The van der Waals surface area contributed by atoms with E-state index in [1.54, 1.807) is 34.9 Å². The highest BCUT2D eigenvalue weighted by atomic mass is 79.9. The Morgan fingerprint density at radius 1 is 1.30 bits per heavy atom. The number of fused-ring (bicyclic) bond motifs is 1. The van der Waals surface area contributed by atoms with Crippen molar-refractivity contribution in [1.29, 1.82) is 0 Å². The van der Waals surface area contributed by atoms with Gasteiger partial charge in [0.1, 0.15) is 12.1 Å². The predicted molar refractivity (Wildman–Crippen MR) is 80.8 cm³/mol. The van der Waals surface area contributed by atoms with E-state index < -0.39 is 6.04 Å². The lowest BCUT2D eigenvalue weighted by Gasteiger charge is -2.40. The van der Waals surface area contributed by atoms with Crippen molar-refractivity contribution < 1.29 is 9.59 Å². The molecule has 0 radical (unpaired) electrons. The van der Waals surface area contributed by atoms with E-state index in [1.165, 1.54) is 0 Å². The number of hydrogen-bond acceptors (Lipinski definition) is 2. The summed E-state index contributed by atoms with van der Waals surface area (Å²) in [6.07, 6.45) is 1.65. The topological polar surface area (TPSA) is 40.6 Å². The van der Waals surface area contributed by atoms with Crippen LogP contribution in [-0.4, -0.2) is 35.3 Å². The van der Waals surface area contributed by atoms with Gasteiger partial charge in [0.2, 0.25) is 5.91 Å². The minimum atomic E-state index is -0.468. The Kier molecular flexibility index (Phi) is 3.50. The largest absolute Gasteiger partial charge is 0.329 e. The quantitative estimate of drug-likeness (QED) is 0.775. The lowest BCUT2D eigenvalue weighted by molar-refractivity contribution is -0.143. The van der Waals surface area contributed by atoms with Gasteiger partial charge in [-0.2, -0.15) is 0 Å². The zero-order valence-electron chi connectivity index (χ0n) is 11.0. The van der Waals surface area contributed by atoms with Gasteiger partial charge in [-0.3, -0.25) is 14.5 Å². The van der Waals surface area contributed by atoms with E-state index in [1.807, 2.05) is 0 Å². The highest BCUT2D eigenvalue weighted by Gasteiger charge is 2.46. The number of carbonyl (C=O) groups is 2. The second kappa shape index (κ2) is 5.04. The van der Waals surface area contributed by atoms with Crippen LogP contribution in [0.2, 0.25) is 5.02 Å². The highest BCUT2D eigenvalue weighted by molar-refractivity contribution is 9.10. The average Bonchev–Trinajstić information content (AvgIpc) is 2.90. The zero-order chi connectivity index (χ0) is 14.4. The summed E-state index contributed by atoms with van der Waals surface area (Å²) in [4.78, 5) is 28.3. The molecule has 0 aliphatic carbocycles. The van der Waals surface area contributed by atoms with Crippen molar-refractivity contribution in [3.63, 3.8) is 0 Å². The molecular formula is C14H14BrClN2O2. The number of anilines is 1. The SMILES string of the molecule is CC1C(=O)N2CCCC2C(=O)N1c1ccc(Cl)c(Br)c1. The minimum Gasteiger partial charge on any atom is -0.329 e. The molecule has 1 aromatic rings. The number of carbonyl (C=O) groups excluding carboxylic acids is 2. The van der Waals surface area contributed by atoms with Crippen LogP contribution in [0.1, 0.15) is 19.8 Å². The Balaban J connectivity index is 2.01. The molecule has 0 N–H and O–H groups in total. The average molecular weight is 358 g/mol. The molecule has 6 heteroatoms. The first-order valence-corrected chi connectivity index (χ1v) is 7.76. The van der Waals surface area contributed by atoms with Crippen molar-refractivity contribution in [2.45, 2.75) is 31.8 Å². The molecule has 106 valence electrons. The van der Waals surface area contributed by atoms with E-state index in [4.69, 9.17) is 11.6 Å². The van der Waals surface area contributed by atoms with Gasteiger partial charge < -0.3 is 4.90 Å². The molecule has 3 rings (SSSR count). The van der Waals surface area contributed by atoms with Crippen LogP contribution in [0.25, 0.3) is 0 Å². The second-order valence-electron chi connectivity index (χ2n) is 5.17. The lowest BCUT2D eigenvalue weighted by Crippen LogP contribution is -2.62. The lowest BCUT2D eigenvalue weighted by atomic mass is 10.1. The maximum atomic E-state index is 12.6. The number of rotatable bonds is 1. The maximum Gasteiger partial charge on any atom is 0.250 e. The fourth-order valence-corrected chi connectivity index (χ4v) is 3.46. The molecule has 2 aliphatic rings. The van der Waals surface area contributed by atoms with E-state index in [2.05, 4.69) is 15.9 Å². The van der Waals surface area contributed by atoms with Gasteiger partial charge in [0, 0.05) is 16.7 Å². The minimum absolute atomic E-state index is 0.00354. The summed E-state index contributed by atoms with van der Waals surface area (Å²) in [7, 11) is 0. The standard InChI is InChI=1S/C14H14BrClN2O2/c1-8-13(19)17-6-2-3-12(17)14(20)18(8)9-4-5-11(16)10(15)7-9/h4-5,7-8,12H,2-3,6H2,1H3. The second-order valence-corrected chi connectivity index (χ2v) is 6.43. The molecule has 2 atom stereocenters. The van der Waals surface area contributed by atoms with Crippen molar-refractivity contribution in [2.75, 3.05) is 11.4 Å². The Morgan fingerprint density at radius 2 is 2.05 bits per heavy atom. The van der Waals surface area contributed by atoms with Crippen LogP contribution in [0.15, 0.2) is 22.7 Å². The van der Waals surface area contributed by atoms with Crippen molar-refractivity contribution in [3.05, 3.63) is 27.7 Å². The van der Waals surface area contributed by atoms with Gasteiger partial charge >= 0.3 is 0 Å². The van der Waals surface area contributed by atoms with Crippen molar-refractivity contribution in [2.24, 2.45) is 0 Å². The summed E-state index contributed by atoms with van der Waals surface area (Å²) in [5.41, 5.74) is 0.707.